The summed E-state index contributed by atoms with van der Waals surface area (Å²) in [4.78, 5) is 34.2. The molecule has 0 saturated heterocycles. The number of amides is 1. The van der Waals surface area contributed by atoms with Crippen LogP contribution in [0.15, 0.2) is 72.8 Å². The van der Waals surface area contributed by atoms with Crippen molar-refractivity contribution in [1.29, 1.82) is 0 Å². The third-order valence-corrected chi connectivity index (χ3v) is 8.03. The molecule has 36 heavy (non-hydrogen) atoms. The number of fused-ring (bicyclic) bond motifs is 3. The molecule has 0 saturated carbocycles. The summed E-state index contributed by atoms with van der Waals surface area (Å²) < 4.78 is 17.5. The lowest BCUT2D eigenvalue weighted by Gasteiger charge is -2.18. The topological polar surface area (TPSA) is 133 Å². The van der Waals surface area contributed by atoms with Gasteiger partial charge in [0.05, 0.1) is 6.61 Å². The highest BCUT2D eigenvalue weighted by molar-refractivity contribution is 7.57. The number of alkyl carbamates (subject to hydrolysis) is 1. The zero-order valence-corrected chi connectivity index (χ0v) is 20.4. The fourth-order valence-corrected chi connectivity index (χ4v) is 5.77. The first-order valence-electron chi connectivity index (χ1n) is 11.6. The second kappa shape index (κ2) is 11.1. The van der Waals surface area contributed by atoms with Gasteiger partial charge in [0.1, 0.15) is 12.6 Å². The van der Waals surface area contributed by atoms with E-state index in [0.29, 0.717) is 11.1 Å². The highest BCUT2D eigenvalue weighted by atomic mass is 31.2. The van der Waals surface area contributed by atoms with E-state index in [1.54, 1.807) is 24.3 Å². The normalized spacial score (nSPS) is 14.8. The number of carboxylic acids is 1. The van der Waals surface area contributed by atoms with Crippen LogP contribution in [0, 0.1) is 0 Å². The van der Waals surface area contributed by atoms with Crippen LogP contribution in [0.1, 0.15) is 28.2 Å². The molecule has 4 N–H and O–H groups in total. The fourth-order valence-electron chi connectivity index (χ4n) is 4.52. The number of aliphatic hydroxyl groups excluding tert-OH is 1. The predicted octanol–water partition coefficient (Wildman–Crippen LogP) is 3.98. The third kappa shape index (κ3) is 6.02. The van der Waals surface area contributed by atoms with E-state index in [2.05, 4.69) is 5.32 Å². The number of rotatable bonds is 10. The lowest BCUT2D eigenvalue weighted by atomic mass is 9.98. The van der Waals surface area contributed by atoms with Crippen LogP contribution < -0.4 is 5.32 Å². The minimum atomic E-state index is -3.47. The number of carbonyl (C=O) groups is 2. The van der Waals surface area contributed by atoms with Gasteiger partial charge in [0.2, 0.25) is 7.37 Å². The molecule has 9 heteroatoms. The van der Waals surface area contributed by atoms with Crippen molar-refractivity contribution in [3.63, 3.8) is 0 Å². The van der Waals surface area contributed by atoms with Gasteiger partial charge in [0.15, 0.2) is 0 Å². The van der Waals surface area contributed by atoms with E-state index in [1.165, 1.54) is 0 Å². The van der Waals surface area contributed by atoms with Gasteiger partial charge in [-0.15, -0.1) is 0 Å². The van der Waals surface area contributed by atoms with Gasteiger partial charge >= 0.3 is 12.1 Å². The standard InChI is InChI=1S/C27H28NO7P/c29-13-14-36(33,34)17-19-11-9-18(10-12-19)15-25(26(30)31)28-27(32)35-16-24-22-7-3-1-5-20(22)21-6-2-4-8-23(21)24/h1-12,24-25,29H,13-17H2,(H,28,32)(H,30,31)(H,33,34)/t25-/m0/s1. The second-order valence-electron chi connectivity index (χ2n) is 8.83. The summed E-state index contributed by atoms with van der Waals surface area (Å²) in [6.07, 6.45) is -1.05. The highest BCUT2D eigenvalue weighted by Gasteiger charge is 2.30. The van der Waals surface area contributed by atoms with Crippen LogP contribution in [0.4, 0.5) is 4.79 Å². The number of aliphatic hydroxyl groups is 1. The Morgan fingerprint density at radius 3 is 2.03 bits per heavy atom. The first-order valence-corrected chi connectivity index (χ1v) is 13.6. The molecule has 4 rings (SSSR count). The lowest BCUT2D eigenvalue weighted by molar-refractivity contribution is -0.139. The molecule has 2 atom stereocenters. The van der Waals surface area contributed by atoms with Gasteiger partial charge in [0.25, 0.3) is 0 Å². The predicted molar refractivity (Wildman–Crippen MR) is 135 cm³/mol. The second-order valence-corrected chi connectivity index (χ2v) is 11.3. The molecule has 0 fully saturated rings. The number of hydrogen-bond acceptors (Lipinski definition) is 5. The quantitative estimate of drug-likeness (QED) is 0.304. The molecule has 0 bridgehead atoms. The van der Waals surface area contributed by atoms with Crippen molar-refractivity contribution < 1.29 is 34.0 Å². The lowest BCUT2D eigenvalue weighted by Crippen LogP contribution is -2.42. The van der Waals surface area contributed by atoms with Crippen LogP contribution in [0.25, 0.3) is 11.1 Å². The fraction of sp³-hybridized carbons (Fsp3) is 0.259. The molecule has 188 valence electrons. The van der Waals surface area contributed by atoms with E-state index in [9.17, 15) is 24.2 Å². The zero-order chi connectivity index (χ0) is 25.7. The molecule has 0 heterocycles. The number of ether oxygens (including phenoxy) is 1. The van der Waals surface area contributed by atoms with E-state index >= 15 is 0 Å². The third-order valence-electron chi connectivity index (χ3n) is 6.28. The molecule has 0 aliphatic heterocycles. The zero-order valence-electron chi connectivity index (χ0n) is 19.5. The monoisotopic (exact) mass is 509 g/mol. The van der Waals surface area contributed by atoms with Crippen LogP contribution in [-0.2, 0) is 26.7 Å². The Morgan fingerprint density at radius 1 is 0.917 bits per heavy atom. The Balaban J connectivity index is 1.37. The molecule has 1 aliphatic rings. The Hall–Kier alpha value is -3.45. The number of hydrogen-bond donors (Lipinski definition) is 4. The summed E-state index contributed by atoms with van der Waals surface area (Å²) in [5.74, 6) is -1.33. The van der Waals surface area contributed by atoms with E-state index in [1.807, 2.05) is 48.5 Å². The summed E-state index contributed by atoms with van der Waals surface area (Å²) in [6.45, 7) is -0.288. The molecule has 3 aromatic carbocycles. The summed E-state index contributed by atoms with van der Waals surface area (Å²) in [5.41, 5.74) is 5.57. The van der Waals surface area contributed by atoms with E-state index in [-0.39, 0.29) is 37.9 Å². The summed E-state index contributed by atoms with van der Waals surface area (Å²) >= 11 is 0. The van der Waals surface area contributed by atoms with Crippen molar-refractivity contribution >= 4 is 19.4 Å². The Labute approximate surface area is 209 Å². The van der Waals surface area contributed by atoms with Gasteiger partial charge in [-0.3, -0.25) is 4.57 Å². The smallest absolute Gasteiger partial charge is 0.407 e. The van der Waals surface area contributed by atoms with Crippen molar-refractivity contribution in [3.05, 3.63) is 95.1 Å². The Morgan fingerprint density at radius 2 is 1.47 bits per heavy atom. The van der Waals surface area contributed by atoms with E-state index < -0.39 is 25.5 Å². The van der Waals surface area contributed by atoms with Gasteiger partial charge in [-0.1, -0.05) is 72.8 Å². The minimum absolute atomic E-state index is 0.0211. The Kier molecular flexibility index (Phi) is 7.89. The number of carboxylic acid groups (broad SMARTS) is 1. The molecular weight excluding hydrogens is 481 g/mol. The van der Waals surface area contributed by atoms with Crippen LogP contribution in [0.3, 0.4) is 0 Å². The van der Waals surface area contributed by atoms with Crippen molar-refractivity contribution in [2.24, 2.45) is 0 Å². The number of benzene rings is 3. The number of carbonyl (C=O) groups excluding carboxylic acids is 1. The van der Waals surface area contributed by atoms with Crippen LogP contribution >= 0.6 is 7.37 Å². The molecular formula is C27H28NO7P. The molecule has 1 aliphatic carbocycles. The molecule has 8 nitrogen and oxygen atoms in total. The number of aliphatic carboxylic acids is 1. The maximum Gasteiger partial charge on any atom is 0.407 e. The van der Waals surface area contributed by atoms with Crippen LogP contribution in [0.5, 0.6) is 0 Å². The SMILES string of the molecule is O=C(N[C@@H](Cc1ccc(CP(=O)(O)CCO)cc1)C(=O)O)OCC1c2ccccc2-c2ccccc21. The average Bonchev–Trinajstić information content (AvgIpc) is 3.17. The molecule has 0 radical (unpaired) electrons. The summed E-state index contributed by atoms with van der Waals surface area (Å²) in [6, 6.07) is 21.3. The Bertz CT molecular complexity index is 1250. The molecule has 3 aromatic rings. The van der Waals surface area contributed by atoms with Gasteiger partial charge in [-0.05, 0) is 33.4 Å². The molecule has 1 amide bonds. The average molecular weight is 509 g/mol. The van der Waals surface area contributed by atoms with Gasteiger partial charge < -0.3 is 25.2 Å². The van der Waals surface area contributed by atoms with Crippen LogP contribution in [-0.4, -0.2) is 52.6 Å². The summed E-state index contributed by atoms with van der Waals surface area (Å²) in [5, 5.41) is 21.0. The highest BCUT2D eigenvalue weighted by Crippen LogP contribution is 2.45. The molecule has 1 unspecified atom stereocenters. The molecule has 0 spiro atoms. The maximum atomic E-state index is 12.5. The minimum Gasteiger partial charge on any atom is -0.480 e. The van der Waals surface area contributed by atoms with Gasteiger partial charge in [0, 0.05) is 24.7 Å². The van der Waals surface area contributed by atoms with Crippen molar-refractivity contribution in [2.45, 2.75) is 24.5 Å². The van der Waals surface area contributed by atoms with Crippen LogP contribution in [0.2, 0.25) is 0 Å². The van der Waals surface area contributed by atoms with Gasteiger partial charge in [-0.25, -0.2) is 9.59 Å². The largest absolute Gasteiger partial charge is 0.480 e. The van der Waals surface area contributed by atoms with E-state index in [4.69, 9.17) is 9.84 Å². The van der Waals surface area contributed by atoms with Crippen molar-refractivity contribution in [2.75, 3.05) is 19.4 Å². The first kappa shape index (κ1) is 25.6. The first-order chi connectivity index (χ1) is 17.3. The number of nitrogens with one attached hydrogen (secondary N) is 1. The molecule has 0 aromatic heterocycles. The summed E-state index contributed by atoms with van der Waals surface area (Å²) in [7, 11) is -3.47. The van der Waals surface area contributed by atoms with Crippen molar-refractivity contribution in [3.8, 4) is 11.1 Å². The van der Waals surface area contributed by atoms with E-state index in [0.717, 1.165) is 22.3 Å². The van der Waals surface area contributed by atoms with Crippen molar-refractivity contribution in [1.82, 2.24) is 5.32 Å². The maximum absolute atomic E-state index is 12.5. The van der Waals surface area contributed by atoms with Gasteiger partial charge in [-0.2, -0.15) is 0 Å².